The zero-order valence-electron chi connectivity index (χ0n) is 18.2. The maximum absolute atomic E-state index is 13.9. The minimum Gasteiger partial charge on any atom is -0.488 e. The summed E-state index contributed by atoms with van der Waals surface area (Å²) in [6.07, 6.45) is 1.46. The van der Waals surface area contributed by atoms with Crippen molar-refractivity contribution in [2.24, 2.45) is 0 Å². The zero-order chi connectivity index (χ0) is 25.4. The van der Waals surface area contributed by atoms with Gasteiger partial charge in [0.15, 0.2) is 29.0 Å². The number of fused-ring (bicyclic) bond motifs is 1. The molecule has 0 aromatic heterocycles. The van der Waals surface area contributed by atoms with Crippen LogP contribution in [0.4, 0.5) is 22.0 Å². The number of carbonyl (C=O) groups excluding carboxylic acids is 2. The van der Waals surface area contributed by atoms with Gasteiger partial charge in [0.25, 0.3) is 0 Å². The molecule has 0 atom stereocenters. The number of hydrogen-bond donors (Lipinski definition) is 0. The molecule has 10 heteroatoms. The Morgan fingerprint density at radius 3 is 2.11 bits per heavy atom. The van der Waals surface area contributed by atoms with Crippen LogP contribution in [0.2, 0.25) is 0 Å². The van der Waals surface area contributed by atoms with Crippen LogP contribution in [0.15, 0.2) is 42.2 Å². The molecule has 0 radical (unpaired) electrons. The summed E-state index contributed by atoms with van der Waals surface area (Å²) in [6, 6.07) is 8.90. The number of ether oxygens (including phenoxy) is 3. The molecule has 0 fully saturated rings. The SMILES string of the molecule is COC(=O)c1ccc(/C=C2\Oc3c(ccc(OCc4c(F)c(F)c(F)c(F)c4F)c3C)C2=O)cc1. The first-order valence-electron chi connectivity index (χ1n) is 10.0. The van der Waals surface area contributed by atoms with Crippen molar-refractivity contribution in [1.82, 2.24) is 0 Å². The maximum Gasteiger partial charge on any atom is 0.337 e. The molecule has 180 valence electrons. The Bertz CT molecular complexity index is 1370. The Hall–Kier alpha value is -4.21. The summed E-state index contributed by atoms with van der Waals surface area (Å²) >= 11 is 0. The second kappa shape index (κ2) is 9.21. The van der Waals surface area contributed by atoms with Gasteiger partial charge < -0.3 is 14.2 Å². The maximum atomic E-state index is 13.9. The van der Waals surface area contributed by atoms with Crippen molar-refractivity contribution in [2.45, 2.75) is 13.5 Å². The van der Waals surface area contributed by atoms with E-state index in [1.807, 2.05) is 0 Å². The van der Waals surface area contributed by atoms with Crippen molar-refractivity contribution < 1.29 is 45.8 Å². The van der Waals surface area contributed by atoms with E-state index in [0.717, 1.165) is 0 Å². The number of halogens is 5. The van der Waals surface area contributed by atoms with E-state index in [2.05, 4.69) is 4.74 Å². The fourth-order valence-electron chi connectivity index (χ4n) is 3.44. The van der Waals surface area contributed by atoms with Crippen LogP contribution in [0.25, 0.3) is 6.08 Å². The summed E-state index contributed by atoms with van der Waals surface area (Å²) < 4.78 is 83.5. The molecule has 0 unspecified atom stereocenters. The van der Waals surface area contributed by atoms with Crippen LogP contribution in [0.3, 0.4) is 0 Å². The first-order chi connectivity index (χ1) is 16.6. The van der Waals surface area contributed by atoms with Gasteiger partial charge in [-0.3, -0.25) is 4.79 Å². The lowest BCUT2D eigenvalue weighted by Crippen LogP contribution is -2.10. The molecule has 0 saturated heterocycles. The normalized spacial score (nSPS) is 13.6. The monoisotopic (exact) mass is 490 g/mol. The third-order valence-corrected chi connectivity index (χ3v) is 5.34. The van der Waals surface area contributed by atoms with Crippen LogP contribution in [-0.2, 0) is 11.3 Å². The highest BCUT2D eigenvalue weighted by molar-refractivity contribution is 6.15. The van der Waals surface area contributed by atoms with Crippen molar-refractivity contribution in [2.75, 3.05) is 7.11 Å². The summed E-state index contributed by atoms with van der Waals surface area (Å²) in [6.45, 7) is 0.558. The number of Topliss-reactive ketones (excluding diaryl/α,β-unsaturated/α-hetero) is 1. The average molecular weight is 490 g/mol. The number of esters is 1. The summed E-state index contributed by atoms with van der Waals surface area (Å²) in [4.78, 5) is 24.3. The fourth-order valence-corrected chi connectivity index (χ4v) is 3.44. The first-order valence-corrected chi connectivity index (χ1v) is 10.0. The van der Waals surface area contributed by atoms with E-state index in [1.54, 1.807) is 12.1 Å². The van der Waals surface area contributed by atoms with Crippen molar-refractivity contribution >= 4 is 17.8 Å². The van der Waals surface area contributed by atoms with Crippen molar-refractivity contribution in [3.63, 3.8) is 0 Å². The molecule has 35 heavy (non-hydrogen) atoms. The summed E-state index contributed by atoms with van der Waals surface area (Å²) in [7, 11) is 1.25. The van der Waals surface area contributed by atoms with Crippen LogP contribution in [0.1, 0.15) is 37.4 Å². The molecule has 5 nitrogen and oxygen atoms in total. The molecule has 0 aliphatic carbocycles. The molecular weight excluding hydrogens is 475 g/mol. The lowest BCUT2D eigenvalue weighted by Gasteiger charge is -2.13. The van der Waals surface area contributed by atoms with Crippen LogP contribution in [0, 0.1) is 36.0 Å². The van der Waals surface area contributed by atoms with E-state index in [1.165, 1.54) is 44.4 Å². The quantitative estimate of drug-likeness (QED) is 0.152. The second-order valence-electron chi connectivity index (χ2n) is 7.46. The predicted molar refractivity (Wildman–Crippen MR) is 112 cm³/mol. The van der Waals surface area contributed by atoms with Crippen molar-refractivity contribution in [3.05, 3.63) is 99.1 Å². The molecule has 1 heterocycles. The Morgan fingerprint density at radius 1 is 0.914 bits per heavy atom. The Morgan fingerprint density at radius 2 is 1.51 bits per heavy atom. The standard InChI is InChI=1S/C25H15F5O5/c1-11-16(34-10-15-18(26)20(28)22(30)21(29)19(15)27)8-7-14-23(31)17(35-24(11)14)9-12-3-5-13(6-4-12)25(32)33-2/h3-9H,10H2,1-2H3/b17-9-. The Balaban J connectivity index is 1.57. The lowest BCUT2D eigenvalue weighted by atomic mass is 10.1. The largest absolute Gasteiger partial charge is 0.488 e. The summed E-state index contributed by atoms with van der Waals surface area (Å²) in [5.74, 6) is -11.2. The van der Waals surface area contributed by atoms with Crippen LogP contribution in [0.5, 0.6) is 11.5 Å². The van der Waals surface area contributed by atoms with E-state index >= 15 is 0 Å². The molecular formula is C25H15F5O5. The first kappa shape index (κ1) is 23.9. The zero-order valence-corrected chi connectivity index (χ0v) is 18.2. The van der Waals surface area contributed by atoms with Gasteiger partial charge in [-0.25, -0.2) is 26.7 Å². The molecule has 4 rings (SSSR count). The molecule has 0 spiro atoms. The van der Waals surface area contributed by atoms with E-state index in [-0.39, 0.29) is 28.4 Å². The highest BCUT2D eigenvalue weighted by Gasteiger charge is 2.31. The number of allylic oxidation sites excluding steroid dienone is 1. The number of benzene rings is 3. The van der Waals surface area contributed by atoms with Crippen LogP contribution in [-0.4, -0.2) is 18.9 Å². The smallest absolute Gasteiger partial charge is 0.337 e. The minimum atomic E-state index is -2.26. The molecule has 3 aromatic rings. The average Bonchev–Trinajstić information content (AvgIpc) is 3.18. The van der Waals surface area contributed by atoms with Gasteiger partial charge in [0.05, 0.1) is 23.8 Å². The highest BCUT2D eigenvalue weighted by Crippen LogP contribution is 2.39. The van der Waals surface area contributed by atoms with Gasteiger partial charge in [-0.05, 0) is 42.8 Å². The van der Waals surface area contributed by atoms with Crippen LogP contribution >= 0.6 is 0 Å². The summed E-state index contributed by atoms with van der Waals surface area (Å²) in [5.41, 5.74) is 0.235. The predicted octanol–water partition coefficient (Wildman–Crippen LogP) is 5.67. The highest BCUT2D eigenvalue weighted by atomic mass is 19.2. The number of rotatable bonds is 5. The number of carbonyl (C=O) groups is 2. The lowest BCUT2D eigenvalue weighted by molar-refractivity contribution is 0.0600. The van der Waals surface area contributed by atoms with E-state index in [4.69, 9.17) is 9.47 Å². The molecule has 1 aliphatic heterocycles. The van der Waals surface area contributed by atoms with Crippen molar-refractivity contribution in [1.29, 1.82) is 0 Å². The van der Waals surface area contributed by atoms with Crippen LogP contribution < -0.4 is 9.47 Å². The molecule has 1 aliphatic rings. The number of ketones is 1. The van der Waals surface area contributed by atoms with E-state index in [0.29, 0.717) is 11.1 Å². The molecule has 0 saturated carbocycles. The van der Waals surface area contributed by atoms with Gasteiger partial charge in [-0.1, -0.05) is 12.1 Å². The van der Waals surface area contributed by atoms with E-state index in [9.17, 15) is 31.5 Å². The molecule has 0 amide bonds. The Labute approximate surface area is 195 Å². The molecule has 0 N–H and O–H groups in total. The van der Waals surface area contributed by atoms with Gasteiger partial charge in [0.2, 0.25) is 11.6 Å². The third kappa shape index (κ3) is 4.23. The number of hydrogen-bond acceptors (Lipinski definition) is 5. The minimum absolute atomic E-state index is 0.0178. The number of methoxy groups -OCH3 is 1. The Kier molecular flexibility index (Phi) is 6.29. The van der Waals surface area contributed by atoms with Gasteiger partial charge in [-0.15, -0.1) is 0 Å². The molecule has 3 aromatic carbocycles. The van der Waals surface area contributed by atoms with Gasteiger partial charge in [0.1, 0.15) is 18.1 Å². The second-order valence-corrected chi connectivity index (χ2v) is 7.46. The van der Waals surface area contributed by atoms with Crippen molar-refractivity contribution in [3.8, 4) is 11.5 Å². The van der Waals surface area contributed by atoms with Gasteiger partial charge in [-0.2, -0.15) is 0 Å². The van der Waals surface area contributed by atoms with Gasteiger partial charge in [0, 0.05) is 5.56 Å². The topological polar surface area (TPSA) is 61.8 Å². The van der Waals surface area contributed by atoms with E-state index < -0.39 is 53.0 Å². The fraction of sp³-hybridized carbons (Fsp3) is 0.120. The molecule has 0 bridgehead atoms. The van der Waals surface area contributed by atoms with Gasteiger partial charge >= 0.3 is 5.97 Å². The summed E-state index contributed by atoms with van der Waals surface area (Å²) in [5, 5.41) is 0. The third-order valence-electron chi connectivity index (χ3n) is 5.34.